The summed E-state index contributed by atoms with van der Waals surface area (Å²) in [7, 11) is 1.49. The third kappa shape index (κ3) is 6.11. The monoisotopic (exact) mass is 696 g/mol. The van der Waals surface area contributed by atoms with Gasteiger partial charge in [0, 0.05) is 14.2 Å². The number of ether oxygens (including phenoxy) is 4. The fraction of sp³-hybridized carbons (Fsp3) is 0.286. The standard InChI is InChI=1S/C28H26ClIN2O7S/c1-5-37-22(33)14-39-25-16(11-17(30)13-20(25)36-4)12-21-26(34)32-24(18-9-7-8-10-19(18)29)23(27(35)38-6-2)15(3)31-28(32)40-21/h7-13,24H,5-6,14H2,1-4H3/b21-12-/t24-/m1/s1. The third-order valence-electron chi connectivity index (χ3n) is 5.91. The summed E-state index contributed by atoms with van der Waals surface area (Å²) >= 11 is 9.86. The molecular weight excluding hydrogens is 671 g/mol. The van der Waals surface area contributed by atoms with E-state index in [1.165, 1.54) is 11.7 Å². The lowest BCUT2D eigenvalue weighted by molar-refractivity contribution is -0.145. The van der Waals surface area contributed by atoms with Crippen LogP contribution in [0.3, 0.4) is 0 Å². The van der Waals surface area contributed by atoms with Gasteiger partial charge in [0.15, 0.2) is 22.9 Å². The van der Waals surface area contributed by atoms with Gasteiger partial charge < -0.3 is 18.9 Å². The molecule has 1 aliphatic rings. The Kier molecular flexibility index (Phi) is 9.69. The normalized spacial score (nSPS) is 14.8. The average molecular weight is 697 g/mol. The zero-order valence-corrected chi connectivity index (χ0v) is 25.9. The highest BCUT2D eigenvalue weighted by molar-refractivity contribution is 14.1. The smallest absolute Gasteiger partial charge is 0.344 e. The second-order valence-electron chi connectivity index (χ2n) is 8.44. The van der Waals surface area contributed by atoms with Gasteiger partial charge in [-0.2, -0.15) is 0 Å². The highest BCUT2D eigenvalue weighted by atomic mass is 127. The highest BCUT2D eigenvalue weighted by Gasteiger charge is 2.34. The van der Waals surface area contributed by atoms with Crippen molar-refractivity contribution < 1.29 is 28.5 Å². The number of esters is 2. The molecule has 0 spiro atoms. The van der Waals surface area contributed by atoms with Crippen LogP contribution in [-0.2, 0) is 19.1 Å². The van der Waals surface area contributed by atoms with Gasteiger partial charge in [0.05, 0.1) is 36.1 Å². The lowest BCUT2D eigenvalue weighted by atomic mass is 9.96. The summed E-state index contributed by atoms with van der Waals surface area (Å²) in [4.78, 5) is 44.0. The van der Waals surface area contributed by atoms with E-state index in [1.54, 1.807) is 57.2 Å². The molecule has 1 atom stereocenters. The van der Waals surface area contributed by atoms with Crippen LogP contribution in [0.1, 0.15) is 37.9 Å². The molecule has 9 nitrogen and oxygen atoms in total. The Bertz CT molecular complexity index is 1680. The first kappa shape index (κ1) is 29.8. The second-order valence-corrected chi connectivity index (χ2v) is 11.1. The number of hydrogen-bond donors (Lipinski definition) is 0. The molecule has 0 radical (unpaired) electrons. The van der Waals surface area contributed by atoms with Gasteiger partial charge in [-0.05, 0) is 73.2 Å². The first-order chi connectivity index (χ1) is 19.2. The molecule has 210 valence electrons. The molecule has 1 aliphatic heterocycles. The number of nitrogens with zero attached hydrogens (tertiary/aromatic N) is 2. The molecule has 2 heterocycles. The number of methoxy groups -OCH3 is 1. The number of thiazole rings is 1. The van der Waals surface area contributed by atoms with Crippen molar-refractivity contribution >= 4 is 63.5 Å². The molecule has 0 fully saturated rings. The predicted molar refractivity (Wildman–Crippen MR) is 160 cm³/mol. The van der Waals surface area contributed by atoms with E-state index in [9.17, 15) is 14.4 Å². The van der Waals surface area contributed by atoms with Crippen LogP contribution in [-0.4, -0.2) is 43.4 Å². The van der Waals surface area contributed by atoms with E-state index in [2.05, 4.69) is 27.6 Å². The topological polar surface area (TPSA) is 105 Å². The summed E-state index contributed by atoms with van der Waals surface area (Å²) in [6, 6.07) is 9.77. The Morgan fingerprint density at radius 1 is 1.18 bits per heavy atom. The fourth-order valence-electron chi connectivity index (χ4n) is 4.26. The van der Waals surface area contributed by atoms with Crippen molar-refractivity contribution in [3.63, 3.8) is 0 Å². The van der Waals surface area contributed by atoms with Gasteiger partial charge in [-0.25, -0.2) is 14.6 Å². The summed E-state index contributed by atoms with van der Waals surface area (Å²) in [6.07, 6.45) is 1.65. The molecule has 0 N–H and O–H groups in total. The van der Waals surface area contributed by atoms with E-state index in [4.69, 9.17) is 30.5 Å². The number of carbonyl (C=O) groups excluding carboxylic acids is 2. The van der Waals surface area contributed by atoms with Crippen molar-refractivity contribution in [1.29, 1.82) is 0 Å². The molecule has 0 saturated carbocycles. The number of benzene rings is 2. The summed E-state index contributed by atoms with van der Waals surface area (Å²) < 4.78 is 24.2. The average Bonchev–Trinajstić information content (AvgIpc) is 3.21. The molecule has 40 heavy (non-hydrogen) atoms. The van der Waals surface area contributed by atoms with E-state index in [0.717, 1.165) is 14.9 Å². The number of hydrogen-bond acceptors (Lipinski definition) is 9. The minimum absolute atomic E-state index is 0.165. The number of aromatic nitrogens is 1. The van der Waals surface area contributed by atoms with Gasteiger partial charge in [-0.1, -0.05) is 41.1 Å². The van der Waals surface area contributed by atoms with E-state index in [0.29, 0.717) is 36.9 Å². The van der Waals surface area contributed by atoms with Crippen molar-refractivity contribution in [2.24, 2.45) is 4.99 Å². The summed E-state index contributed by atoms with van der Waals surface area (Å²) in [5.74, 6) is -0.424. The van der Waals surface area contributed by atoms with Gasteiger partial charge in [-0.15, -0.1) is 0 Å². The number of allylic oxidation sites excluding steroid dienone is 1. The molecule has 0 unspecified atom stereocenters. The van der Waals surface area contributed by atoms with E-state index in [1.807, 2.05) is 6.07 Å². The maximum absolute atomic E-state index is 14.0. The van der Waals surface area contributed by atoms with Crippen molar-refractivity contribution in [3.8, 4) is 11.5 Å². The van der Waals surface area contributed by atoms with Gasteiger partial charge in [0.1, 0.15) is 6.04 Å². The molecule has 0 aliphatic carbocycles. The van der Waals surface area contributed by atoms with E-state index in [-0.39, 0.29) is 36.7 Å². The molecule has 1 aromatic heterocycles. The van der Waals surface area contributed by atoms with Crippen LogP contribution in [0.25, 0.3) is 6.08 Å². The minimum Gasteiger partial charge on any atom is -0.493 e. The molecule has 0 bridgehead atoms. The molecule has 4 rings (SSSR count). The zero-order valence-electron chi connectivity index (χ0n) is 22.2. The van der Waals surface area contributed by atoms with Crippen LogP contribution in [0.5, 0.6) is 11.5 Å². The third-order valence-corrected chi connectivity index (χ3v) is 7.86. The Balaban J connectivity index is 1.93. The van der Waals surface area contributed by atoms with Crippen LogP contribution < -0.4 is 24.4 Å². The van der Waals surface area contributed by atoms with Crippen LogP contribution in [0.2, 0.25) is 5.02 Å². The Morgan fingerprint density at radius 2 is 1.90 bits per heavy atom. The largest absolute Gasteiger partial charge is 0.493 e. The minimum atomic E-state index is -0.837. The molecular formula is C28H26ClIN2O7S. The van der Waals surface area contributed by atoms with Crippen molar-refractivity contribution in [3.05, 3.63) is 87.1 Å². The molecule has 0 saturated heterocycles. The second kappa shape index (κ2) is 13.0. The first-order valence-corrected chi connectivity index (χ1v) is 14.6. The van der Waals surface area contributed by atoms with E-state index < -0.39 is 18.0 Å². The van der Waals surface area contributed by atoms with Gasteiger partial charge >= 0.3 is 11.9 Å². The number of carbonyl (C=O) groups is 2. The van der Waals surface area contributed by atoms with Gasteiger partial charge in [-0.3, -0.25) is 9.36 Å². The summed E-state index contributed by atoms with van der Waals surface area (Å²) in [5, 5.41) is 0.399. The predicted octanol–water partition coefficient (Wildman–Crippen LogP) is 4.01. The summed E-state index contributed by atoms with van der Waals surface area (Å²) in [5.41, 5.74) is 1.39. The summed E-state index contributed by atoms with van der Waals surface area (Å²) in [6.45, 7) is 5.18. The zero-order chi connectivity index (χ0) is 29.0. The first-order valence-electron chi connectivity index (χ1n) is 12.3. The van der Waals surface area contributed by atoms with Crippen LogP contribution in [0.4, 0.5) is 0 Å². The van der Waals surface area contributed by atoms with Gasteiger partial charge in [0.2, 0.25) is 0 Å². The maximum Gasteiger partial charge on any atom is 0.344 e. The maximum atomic E-state index is 14.0. The van der Waals surface area contributed by atoms with Crippen LogP contribution in [0.15, 0.2) is 57.5 Å². The highest BCUT2D eigenvalue weighted by Crippen LogP contribution is 2.36. The molecule has 0 amide bonds. The lowest BCUT2D eigenvalue weighted by Gasteiger charge is -2.25. The van der Waals surface area contributed by atoms with Gasteiger partial charge in [0.25, 0.3) is 5.56 Å². The Labute approximate surface area is 252 Å². The van der Waals surface area contributed by atoms with Crippen molar-refractivity contribution in [1.82, 2.24) is 4.57 Å². The van der Waals surface area contributed by atoms with Crippen LogP contribution in [0, 0.1) is 3.57 Å². The Morgan fingerprint density at radius 3 is 2.58 bits per heavy atom. The molecule has 2 aromatic carbocycles. The van der Waals surface area contributed by atoms with Crippen LogP contribution >= 0.6 is 45.5 Å². The van der Waals surface area contributed by atoms with E-state index >= 15 is 0 Å². The fourth-order valence-corrected chi connectivity index (χ4v) is 6.15. The SMILES string of the molecule is CCOC(=O)COc1c(/C=c2\sc3n(c2=O)[C@H](c2ccccc2Cl)C(C(=O)OCC)=C(C)N=3)cc(I)cc1OC. The molecule has 3 aromatic rings. The molecule has 12 heteroatoms. The van der Waals surface area contributed by atoms with Crippen molar-refractivity contribution in [2.45, 2.75) is 26.8 Å². The van der Waals surface area contributed by atoms with Crippen molar-refractivity contribution in [2.75, 3.05) is 26.9 Å². The lowest BCUT2D eigenvalue weighted by Crippen LogP contribution is -2.40. The number of fused-ring (bicyclic) bond motifs is 1. The number of halogens is 2. The quantitative estimate of drug-likeness (QED) is 0.246. The number of rotatable bonds is 9. The Hall–Kier alpha value is -3.16.